The Hall–Kier alpha value is -1.61. The molecule has 1 N–H and O–H groups in total. The van der Waals surface area contributed by atoms with Gasteiger partial charge in [0.25, 0.3) is 0 Å². The zero-order valence-electron chi connectivity index (χ0n) is 12.8. The highest BCUT2D eigenvalue weighted by molar-refractivity contribution is 5.30. The Labute approximate surface area is 127 Å². The molecule has 0 aliphatic heterocycles. The lowest BCUT2D eigenvalue weighted by atomic mass is 9.84. The van der Waals surface area contributed by atoms with E-state index in [1.54, 1.807) is 0 Å². The summed E-state index contributed by atoms with van der Waals surface area (Å²) in [6.45, 7) is 3.18. The fourth-order valence-corrected chi connectivity index (χ4v) is 3.25. The first-order chi connectivity index (χ1) is 10.3. The van der Waals surface area contributed by atoms with Gasteiger partial charge < -0.3 is 5.32 Å². The summed E-state index contributed by atoms with van der Waals surface area (Å²) in [5.41, 5.74) is 2.23. The number of aromatic nitrogens is 2. The predicted molar refractivity (Wildman–Crippen MR) is 86.4 cm³/mol. The molecule has 3 rings (SSSR count). The second kappa shape index (κ2) is 6.90. The van der Waals surface area contributed by atoms with Crippen molar-refractivity contribution >= 4 is 0 Å². The molecule has 0 saturated heterocycles. The number of hydrogen-bond acceptors (Lipinski definition) is 2. The van der Waals surface area contributed by atoms with Crippen molar-refractivity contribution in [3.8, 4) is 5.69 Å². The van der Waals surface area contributed by atoms with Crippen LogP contribution >= 0.6 is 0 Å². The molecule has 1 aromatic heterocycles. The molecule has 3 heteroatoms. The number of rotatable bonds is 5. The molecule has 1 aliphatic rings. The Balaban J connectivity index is 1.55. The second-order valence-corrected chi connectivity index (χ2v) is 6.15. The van der Waals surface area contributed by atoms with Gasteiger partial charge in [0.05, 0.1) is 11.4 Å². The highest BCUT2D eigenvalue weighted by atomic mass is 15.3. The van der Waals surface area contributed by atoms with Gasteiger partial charge in [-0.05, 0) is 43.9 Å². The van der Waals surface area contributed by atoms with Crippen LogP contribution in [-0.2, 0) is 6.54 Å². The summed E-state index contributed by atoms with van der Waals surface area (Å²) in [4.78, 5) is 0. The summed E-state index contributed by atoms with van der Waals surface area (Å²) in [6.07, 6.45) is 9.03. The van der Waals surface area contributed by atoms with Gasteiger partial charge in [-0.1, -0.05) is 37.5 Å². The summed E-state index contributed by atoms with van der Waals surface area (Å²) < 4.78 is 1.95. The van der Waals surface area contributed by atoms with Crippen LogP contribution < -0.4 is 5.32 Å². The van der Waals surface area contributed by atoms with E-state index in [0.717, 1.165) is 23.8 Å². The first-order valence-electron chi connectivity index (χ1n) is 8.16. The van der Waals surface area contributed by atoms with Crippen LogP contribution in [0.2, 0.25) is 0 Å². The van der Waals surface area contributed by atoms with Crippen LogP contribution in [0, 0.1) is 5.92 Å². The number of hydrogen-bond donors (Lipinski definition) is 1. The summed E-state index contributed by atoms with van der Waals surface area (Å²) in [7, 11) is 0. The van der Waals surface area contributed by atoms with Crippen LogP contribution in [-0.4, -0.2) is 15.8 Å². The molecule has 1 saturated carbocycles. The SMILES string of the molecule is CC(NCc1ccn(-c2ccccc2)n1)C1CCCCC1. The lowest BCUT2D eigenvalue weighted by molar-refractivity contribution is 0.280. The molecular formula is C18H25N3. The van der Waals surface area contributed by atoms with Crippen molar-refractivity contribution in [1.29, 1.82) is 0 Å². The fourth-order valence-electron chi connectivity index (χ4n) is 3.25. The lowest BCUT2D eigenvalue weighted by Gasteiger charge is -2.28. The van der Waals surface area contributed by atoms with E-state index in [9.17, 15) is 0 Å². The Bertz CT molecular complexity index is 541. The van der Waals surface area contributed by atoms with Crippen LogP contribution in [0.15, 0.2) is 42.6 Å². The van der Waals surface area contributed by atoms with Gasteiger partial charge in [0.1, 0.15) is 0 Å². The molecule has 112 valence electrons. The molecule has 0 spiro atoms. The zero-order valence-corrected chi connectivity index (χ0v) is 12.8. The average molecular weight is 283 g/mol. The van der Waals surface area contributed by atoms with E-state index in [2.05, 4.69) is 35.5 Å². The number of nitrogens with one attached hydrogen (secondary N) is 1. The van der Waals surface area contributed by atoms with Crippen molar-refractivity contribution in [3.63, 3.8) is 0 Å². The normalized spacial score (nSPS) is 17.8. The standard InChI is InChI=1S/C18H25N3/c1-15(16-8-4-2-5-9-16)19-14-17-12-13-21(20-17)18-10-6-3-7-11-18/h3,6-7,10-13,15-16,19H,2,4-5,8-9,14H2,1H3. The second-order valence-electron chi connectivity index (χ2n) is 6.15. The van der Waals surface area contributed by atoms with Crippen molar-refractivity contribution in [2.75, 3.05) is 0 Å². The zero-order chi connectivity index (χ0) is 14.5. The Morgan fingerprint density at radius 2 is 1.90 bits per heavy atom. The maximum Gasteiger partial charge on any atom is 0.0766 e. The monoisotopic (exact) mass is 283 g/mol. The van der Waals surface area contributed by atoms with Crippen LogP contribution in [0.1, 0.15) is 44.7 Å². The molecule has 1 aromatic carbocycles. The van der Waals surface area contributed by atoms with Crippen molar-refractivity contribution in [2.45, 2.75) is 51.6 Å². The molecule has 0 bridgehead atoms. The Morgan fingerprint density at radius 1 is 1.14 bits per heavy atom. The number of para-hydroxylation sites is 1. The van der Waals surface area contributed by atoms with Gasteiger partial charge in [0.2, 0.25) is 0 Å². The van der Waals surface area contributed by atoms with Crippen molar-refractivity contribution in [3.05, 3.63) is 48.3 Å². The first kappa shape index (κ1) is 14.3. The largest absolute Gasteiger partial charge is 0.308 e. The molecule has 1 unspecified atom stereocenters. The minimum absolute atomic E-state index is 0.590. The maximum atomic E-state index is 4.65. The van der Waals surface area contributed by atoms with Crippen molar-refractivity contribution < 1.29 is 0 Å². The molecule has 1 heterocycles. The van der Waals surface area contributed by atoms with Gasteiger partial charge in [-0.3, -0.25) is 0 Å². The van der Waals surface area contributed by atoms with Crippen molar-refractivity contribution in [2.24, 2.45) is 5.92 Å². The summed E-state index contributed by atoms with van der Waals surface area (Å²) >= 11 is 0. The molecule has 21 heavy (non-hydrogen) atoms. The topological polar surface area (TPSA) is 29.9 Å². The van der Waals surface area contributed by atoms with Gasteiger partial charge in [0.15, 0.2) is 0 Å². The van der Waals surface area contributed by atoms with Gasteiger partial charge in [-0.25, -0.2) is 4.68 Å². The lowest BCUT2D eigenvalue weighted by Crippen LogP contribution is -2.34. The fraction of sp³-hybridized carbons (Fsp3) is 0.500. The van der Waals surface area contributed by atoms with E-state index >= 15 is 0 Å². The van der Waals surface area contributed by atoms with E-state index in [1.807, 2.05) is 29.1 Å². The average Bonchev–Trinajstić information content (AvgIpc) is 3.03. The van der Waals surface area contributed by atoms with Gasteiger partial charge >= 0.3 is 0 Å². The van der Waals surface area contributed by atoms with Crippen LogP contribution in [0.3, 0.4) is 0 Å². The van der Waals surface area contributed by atoms with Crippen LogP contribution in [0.4, 0.5) is 0 Å². The van der Waals surface area contributed by atoms with E-state index in [1.165, 1.54) is 32.1 Å². The Morgan fingerprint density at radius 3 is 2.67 bits per heavy atom. The van der Waals surface area contributed by atoms with E-state index in [4.69, 9.17) is 0 Å². The highest BCUT2D eigenvalue weighted by Gasteiger charge is 2.19. The molecule has 2 aromatic rings. The van der Waals surface area contributed by atoms with E-state index in [-0.39, 0.29) is 0 Å². The van der Waals surface area contributed by atoms with Gasteiger partial charge in [0, 0.05) is 18.8 Å². The molecule has 1 aliphatic carbocycles. The third kappa shape index (κ3) is 3.73. The third-order valence-electron chi connectivity index (χ3n) is 4.63. The summed E-state index contributed by atoms with van der Waals surface area (Å²) in [6, 6.07) is 13.0. The predicted octanol–water partition coefficient (Wildman–Crippen LogP) is 3.93. The molecule has 0 amide bonds. The third-order valence-corrected chi connectivity index (χ3v) is 4.63. The molecular weight excluding hydrogens is 258 g/mol. The minimum atomic E-state index is 0.590. The van der Waals surface area contributed by atoms with Gasteiger partial charge in [-0.2, -0.15) is 5.10 Å². The number of nitrogens with zero attached hydrogens (tertiary/aromatic N) is 2. The minimum Gasteiger partial charge on any atom is -0.308 e. The van der Waals surface area contributed by atoms with Gasteiger partial charge in [-0.15, -0.1) is 0 Å². The summed E-state index contributed by atoms with van der Waals surface area (Å²) in [5.74, 6) is 0.843. The van der Waals surface area contributed by atoms with E-state index < -0.39 is 0 Å². The van der Waals surface area contributed by atoms with E-state index in [0.29, 0.717) is 6.04 Å². The van der Waals surface area contributed by atoms with Crippen molar-refractivity contribution in [1.82, 2.24) is 15.1 Å². The smallest absolute Gasteiger partial charge is 0.0766 e. The summed E-state index contributed by atoms with van der Waals surface area (Å²) in [5, 5.41) is 8.31. The number of benzene rings is 1. The van der Waals surface area contributed by atoms with Crippen LogP contribution in [0.5, 0.6) is 0 Å². The quantitative estimate of drug-likeness (QED) is 0.901. The maximum absolute atomic E-state index is 4.65. The molecule has 1 atom stereocenters. The Kier molecular flexibility index (Phi) is 4.71. The first-order valence-corrected chi connectivity index (χ1v) is 8.16. The molecule has 1 fully saturated rings. The molecule has 3 nitrogen and oxygen atoms in total. The van der Waals surface area contributed by atoms with Crippen LogP contribution in [0.25, 0.3) is 5.69 Å². The molecule has 0 radical (unpaired) electrons. The highest BCUT2D eigenvalue weighted by Crippen LogP contribution is 2.26.